The van der Waals surface area contributed by atoms with Crippen molar-refractivity contribution in [2.45, 2.75) is 6.92 Å². The molecule has 3 rings (SSSR count). The van der Waals surface area contributed by atoms with Crippen LogP contribution in [-0.2, 0) is 0 Å². The zero-order valence-corrected chi connectivity index (χ0v) is 11.2. The van der Waals surface area contributed by atoms with Crippen molar-refractivity contribution in [2.24, 2.45) is 0 Å². The Balaban J connectivity index is 2.51. The van der Waals surface area contributed by atoms with Crippen molar-refractivity contribution in [3.05, 3.63) is 52.4 Å². The summed E-state index contributed by atoms with van der Waals surface area (Å²) in [7, 11) is 0. The van der Waals surface area contributed by atoms with Gasteiger partial charge in [-0.1, -0.05) is 12.1 Å². The molecule has 1 aromatic carbocycles. The molecule has 0 unspecified atom stereocenters. The number of rotatable bonds is 3. The Morgan fingerprint density at radius 3 is 2.86 bits per heavy atom. The number of aromatic carboxylic acids is 1. The summed E-state index contributed by atoms with van der Waals surface area (Å²) in [6.45, 7) is 2.35. The molecule has 0 saturated carbocycles. The van der Waals surface area contributed by atoms with Crippen LogP contribution in [0.3, 0.4) is 0 Å². The summed E-state index contributed by atoms with van der Waals surface area (Å²) < 4.78 is 6.87. The van der Waals surface area contributed by atoms with Crippen LogP contribution in [0.15, 0.2) is 41.3 Å². The van der Waals surface area contributed by atoms with Gasteiger partial charge in [-0.3, -0.25) is 9.20 Å². The van der Waals surface area contributed by atoms with Crippen LogP contribution >= 0.6 is 0 Å². The summed E-state index contributed by atoms with van der Waals surface area (Å²) in [5, 5.41) is 9.79. The van der Waals surface area contributed by atoms with Gasteiger partial charge in [0.25, 0.3) is 5.56 Å². The molecule has 106 valence electrons. The number of ether oxygens (including phenoxy) is 1. The van der Waals surface area contributed by atoms with Gasteiger partial charge >= 0.3 is 5.97 Å². The minimum atomic E-state index is -1.29. The first kappa shape index (κ1) is 13.1. The first-order valence-electron chi connectivity index (χ1n) is 6.43. The number of pyridine rings is 1. The number of carbonyl (C=O) groups is 1. The number of carboxylic acid groups (broad SMARTS) is 1. The van der Waals surface area contributed by atoms with Gasteiger partial charge in [-0.2, -0.15) is 0 Å². The molecule has 0 radical (unpaired) electrons. The van der Waals surface area contributed by atoms with Gasteiger partial charge in [0.2, 0.25) is 0 Å². The van der Waals surface area contributed by atoms with Crippen molar-refractivity contribution in [1.82, 2.24) is 9.38 Å². The number of fused-ring (bicyclic) bond motifs is 3. The van der Waals surface area contributed by atoms with Crippen LogP contribution in [0.2, 0.25) is 0 Å². The quantitative estimate of drug-likeness (QED) is 0.743. The van der Waals surface area contributed by atoms with Gasteiger partial charge in [0.1, 0.15) is 17.0 Å². The molecule has 0 saturated heterocycles. The summed E-state index contributed by atoms with van der Waals surface area (Å²) in [5.74, 6) is -0.678. The van der Waals surface area contributed by atoms with E-state index >= 15 is 0 Å². The molecule has 0 aliphatic rings. The number of carboxylic acids is 1. The van der Waals surface area contributed by atoms with Crippen molar-refractivity contribution in [1.29, 1.82) is 0 Å². The minimum Gasteiger partial charge on any atom is -0.493 e. The fraction of sp³-hybridized carbons (Fsp3) is 0.133. The van der Waals surface area contributed by atoms with Crippen LogP contribution in [0, 0.1) is 0 Å². The lowest BCUT2D eigenvalue weighted by Crippen LogP contribution is -2.23. The van der Waals surface area contributed by atoms with Crippen molar-refractivity contribution in [3.63, 3.8) is 0 Å². The van der Waals surface area contributed by atoms with Gasteiger partial charge in [0.05, 0.1) is 12.1 Å². The van der Waals surface area contributed by atoms with Crippen LogP contribution in [0.5, 0.6) is 5.75 Å². The standard InChI is InChI=1S/C15H12N2O4/c1-2-21-12-7-13-16-8-10(15(19)20)14(18)17(13)11-6-4-3-5-9(11)12/h3-8H,2H2,1H3,(H,19,20). The highest BCUT2D eigenvalue weighted by Crippen LogP contribution is 2.26. The van der Waals surface area contributed by atoms with Gasteiger partial charge in [-0.05, 0) is 19.1 Å². The molecule has 6 nitrogen and oxygen atoms in total. The minimum absolute atomic E-state index is 0.354. The molecule has 1 N–H and O–H groups in total. The van der Waals surface area contributed by atoms with Crippen molar-refractivity contribution < 1.29 is 14.6 Å². The smallest absolute Gasteiger partial charge is 0.342 e. The molecule has 0 fully saturated rings. The Hall–Kier alpha value is -2.89. The summed E-state index contributed by atoms with van der Waals surface area (Å²) >= 11 is 0. The Bertz CT molecular complexity index is 915. The summed E-state index contributed by atoms with van der Waals surface area (Å²) in [4.78, 5) is 27.5. The molecular formula is C15H12N2O4. The van der Waals surface area contributed by atoms with Crippen LogP contribution in [0.25, 0.3) is 16.6 Å². The van der Waals surface area contributed by atoms with E-state index in [1.165, 1.54) is 4.40 Å². The van der Waals surface area contributed by atoms with E-state index in [0.29, 0.717) is 23.5 Å². The molecule has 0 atom stereocenters. The van der Waals surface area contributed by atoms with Crippen LogP contribution in [0.1, 0.15) is 17.3 Å². The zero-order chi connectivity index (χ0) is 15.0. The predicted molar refractivity (Wildman–Crippen MR) is 77.1 cm³/mol. The second-order valence-electron chi connectivity index (χ2n) is 4.43. The second-order valence-corrected chi connectivity index (χ2v) is 4.43. The van der Waals surface area contributed by atoms with Crippen molar-refractivity contribution in [2.75, 3.05) is 6.61 Å². The second kappa shape index (κ2) is 4.90. The molecule has 0 bridgehead atoms. The Morgan fingerprint density at radius 2 is 2.14 bits per heavy atom. The van der Waals surface area contributed by atoms with Crippen LogP contribution in [0.4, 0.5) is 0 Å². The van der Waals surface area contributed by atoms with Crippen molar-refractivity contribution in [3.8, 4) is 5.75 Å². The third-order valence-electron chi connectivity index (χ3n) is 3.19. The van der Waals surface area contributed by atoms with E-state index in [1.54, 1.807) is 18.2 Å². The predicted octanol–water partition coefficient (Wildman–Crippen LogP) is 1.94. The average Bonchev–Trinajstić information content (AvgIpc) is 2.47. The molecule has 2 aromatic heterocycles. The summed E-state index contributed by atoms with van der Waals surface area (Å²) in [6, 6.07) is 8.80. The summed E-state index contributed by atoms with van der Waals surface area (Å²) in [5.41, 5.74) is -0.0419. The van der Waals surface area contributed by atoms with E-state index in [4.69, 9.17) is 9.84 Å². The Kier molecular flexibility index (Phi) is 3.06. The maximum absolute atomic E-state index is 12.4. The zero-order valence-electron chi connectivity index (χ0n) is 11.2. The number of nitrogens with zero attached hydrogens (tertiary/aromatic N) is 2. The molecule has 0 amide bonds. The highest BCUT2D eigenvalue weighted by atomic mass is 16.5. The molecule has 3 aromatic rings. The van der Waals surface area contributed by atoms with Gasteiger partial charge < -0.3 is 9.84 Å². The number of hydrogen-bond acceptors (Lipinski definition) is 4. The maximum atomic E-state index is 12.4. The van der Waals surface area contributed by atoms with Gasteiger partial charge in [0, 0.05) is 17.6 Å². The molecule has 0 aliphatic carbocycles. The third-order valence-corrected chi connectivity index (χ3v) is 3.19. The largest absolute Gasteiger partial charge is 0.493 e. The van der Waals surface area contributed by atoms with E-state index in [-0.39, 0.29) is 5.56 Å². The lowest BCUT2D eigenvalue weighted by molar-refractivity contribution is 0.0694. The average molecular weight is 284 g/mol. The fourth-order valence-corrected chi connectivity index (χ4v) is 2.30. The number of benzene rings is 1. The van der Waals surface area contributed by atoms with E-state index in [2.05, 4.69) is 4.98 Å². The molecular weight excluding hydrogens is 272 g/mol. The first-order chi connectivity index (χ1) is 10.1. The maximum Gasteiger partial charge on any atom is 0.342 e. The lowest BCUT2D eigenvalue weighted by atomic mass is 10.2. The van der Waals surface area contributed by atoms with E-state index < -0.39 is 11.5 Å². The van der Waals surface area contributed by atoms with E-state index in [1.807, 2.05) is 19.1 Å². The Labute approximate surface area is 119 Å². The number of para-hydroxylation sites is 1. The van der Waals surface area contributed by atoms with E-state index in [9.17, 15) is 9.59 Å². The Morgan fingerprint density at radius 1 is 1.38 bits per heavy atom. The normalized spacial score (nSPS) is 10.9. The van der Waals surface area contributed by atoms with Crippen LogP contribution < -0.4 is 10.3 Å². The lowest BCUT2D eigenvalue weighted by Gasteiger charge is -2.11. The SMILES string of the molecule is CCOc1cc2ncc(C(=O)O)c(=O)n2c2ccccc12. The first-order valence-corrected chi connectivity index (χ1v) is 6.43. The highest BCUT2D eigenvalue weighted by Gasteiger charge is 2.15. The number of aromatic nitrogens is 2. The molecule has 0 aliphatic heterocycles. The molecule has 21 heavy (non-hydrogen) atoms. The van der Waals surface area contributed by atoms with Crippen molar-refractivity contribution >= 4 is 22.5 Å². The molecule has 6 heteroatoms. The van der Waals surface area contributed by atoms with E-state index in [0.717, 1.165) is 11.6 Å². The summed E-state index contributed by atoms with van der Waals surface area (Å²) in [6.07, 6.45) is 1.07. The number of hydrogen-bond donors (Lipinski definition) is 1. The van der Waals surface area contributed by atoms with Gasteiger partial charge in [-0.15, -0.1) is 0 Å². The van der Waals surface area contributed by atoms with Gasteiger partial charge in [0.15, 0.2) is 0 Å². The third kappa shape index (κ3) is 2.01. The monoisotopic (exact) mass is 284 g/mol. The van der Waals surface area contributed by atoms with Crippen LogP contribution in [-0.4, -0.2) is 27.1 Å². The topological polar surface area (TPSA) is 80.9 Å². The highest BCUT2D eigenvalue weighted by molar-refractivity contribution is 5.90. The fourth-order valence-electron chi connectivity index (χ4n) is 2.30. The van der Waals surface area contributed by atoms with Gasteiger partial charge in [-0.25, -0.2) is 9.78 Å². The molecule has 0 spiro atoms. The molecule has 2 heterocycles.